The van der Waals surface area contributed by atoms with Crippen molar-refractivity contribution in [3.63, 3.8) is 0 Å². The molecule has 0 aromatic rings. The van der Waals surface area contributed by atoms with Gasteiger partial charge in [-0.25, -0.2) is 0 Å². The molecule has 0 aromatic heterocycles. The minimum Gasteiger partial charge on any atom is 1.00 e. The Morgan fingerprint density at radius 1 is 0.500 bits per heavy atom. The van der Waals surface area contributed by atoms with E-state index in [4.69, 9.17) is 0 Å². The predicted molar refractivity (Wildman–Crippen MR) is 0 cm³/mol. The molecule has 0 fully saturated rings. The summed E-state index contributed by atoms with van der Waals surface area (Å²) in [5.74, 6) is 0. The molecule has 0 rings (SSSR count). The second kappa shape index (κ2) is 16.7. The molecule has 0 saturated carbocycles. The molecule has 0 aliphatic rings. The molecule has 0 atom stereocenters. The fourth-order valence-corrected chi connectivity index (χ4v) is 0. The second-order valence-electron chi connectivity index (χ2n) is 0. The maximum atomic E-state index is 0. The summed E-state index contributed by atoms with van der Waals surface area (Å²) in [6.07, 6.45) is 0. The molecule has 0 spiro atoms. The van der Waals surface area contributed by atoms with Gasteiger partial charge in [0, 0.05) is 0 Å². The van der Waals surface area contributed by atoms with Gasteiger partial charge in [-0.2, -0.15) is 0 Å². The van der Waals surface area contributed by atoms with Crippen LogP contribution in [0.5, 0.6) is 0 Å². The van der Waals surface area contributed by atoms with Gasteiger partial charge in [0.05, 0.1) is 0 Å². The molecule has 0 aromatic carbocycles. The van der Waals surface area contributed by atoms with E-state index >= 15 is 0 Å². The van der Waals surface area contributed by atoms with Crippen molar-refractivity contribution in [3.05, 3.63) is 0 Å². The Bertz CT molecular complexity index is 4.00. The van der Waals surface area contributed by atoms with Crippen LogP contribution in [0.15, 0.2) is 0 Å². The first-order valence-electron chi connectivity index (χ1n) is 0. The Labute approximate surface area is 87.9 Å². The molecule has 0 saturated heterocycles. The zero-order valence-electron chi connectivity index (χ0n) is 1.21. The van der Waals surface area contributed by atoms with E-state index in [2.05, 4.69) is 0 Å². The minimum atomic E-state index is 0. The molecule has 0 aliphatic carbocycles. The fraction of sp³-hybridized carbons (Fsp3) is 0. The normalized spacial score (nSPS) is 0. The van der Waals surface area contributed by atoms with Crippen LogP contribution in [0.4, 0.5) is 0 Å². The first kappa shape index (κ1) is 28.2. The van der Waals surface area contributed by atoms with E-state index < -0.39 is 0 Å². The van der Waals surface area contributed by atoms with E-state index in [-0.39, 0.29) is 89.5 Å². The molecule has 0 bridgehead atoms. The first-order chi connectivity index (χ1) is 0. The van der Waals surface area contributed by atoms with Crippen LogP contribution in [-0.2, 0) is 89.5 Å². The van der Waals surface area contributed by atoms with Crippen molar-refractivity contribution in [2.75, 3.05) is 0 Å². The van der Waals surface area contributed by atoms with Crippen molar-refractivity contribution in [3.8, 4) is 0 Å². The maximum Gasteiger partial charge on any atom is 1.00 e. The van der Waals surface area contributed by atoms with Crippen LogP contribution in [0.1, 0.15) is 0 Å². The summed E-state index contributed by atoms with van der Waals surface area (Å²) in [5, 5.41) is 0. The Balaban J connectivity index is 0. The summed E-state index contributed by atoms with van der Waals surface area (Å²) in [4.78, 5) is 0. The van der Waals surface area contributed by atoms with Crippen LogP contribution in [0, 0.1) is 0 Å². The Kier molecular flexibility index (Phi) is 118. The first-order valence-corrected chi connectivity index (χ1v) is 0. The van der Waals surface area contributed by atoms with Gasteiger partial charge in [-0.3, -0.25) is 0 Å². The van der Waals surface area contributed by atoms with Crippen molar-refractivity contribution < 1.29 is 89.5 Å². The second-order valence-corrected chi connectivity index (χ2v) is 0. The number of hydrogen-bond donors (Lipinski definition) is 0. The van der Waals surface area contributed by atoms with Gasteiger partial charge in [0.25, 0.3) is 0 Å². The summed E-state index contributed by atoms with van der Waals surface area (Å²) in [5.41, 5.74) is 0. The fourth-order valence-electron chi connectivity index (χ4n) is 0. The van der Waals surface area contributed by atoms with E-state index in [1.807, 2.05) is 0 Å². The minimum absolute atomic E-state index is 0. The molecule has 0 amide bonds. The van der Waals surface area contributed by atoms with Crippen LogP contribution in [0.25, 0.3) is 0 Å². The van der Waals surface area contributed by atoms with Crippen molar-refractivity contribution in [1.29, 1.82) is 0 Å². The van der Waals surface area contributed by atoms with E-state index in [1.54, 1.807) is 0 Å². The van der Waals surface area contributed by atoms with Gasteiger partial charge in [-0.1, -0.05) is 0 Å². The zero-order valence-corrected chi connectivity index (χ0v) is 8.50. The third kappa shape index (κ3) is 8.88. The summed E-state index contributed by atoms with van der Waals surface area (Å²) in [6, 6.07) is 0. The SMILES string of the molecule is [Ag+].[Ag+].[Au+].[Au+]. The molecule has 40 valence electrons. The molecule has 0 aliphatic heterocycles. The number of hydrogen-bond acceptors (Lipinski definition) is 0. The molecule has 0 radical (unpaired) electrons. The van der Waals surface area contributed by atoms with Gasteiger partial charge >= 0.3 is 89.5 Å². The van der Waals surface area contributed by atoms with Crippen LogP contribution in [0.2, 0.25) is 0 Å². The third-order valence-electron chi connectivity index (χ3n) is 0. The van der Waals surface area contributed by atoms with Gasteiger partial charge in [0.15, 0.2) is 0 Å². The zero-order chi connectivity index (χ0) is 0. The van der Waals surface area contributed by atoms with Gasteiger partial charge in [0.2, 0.25) is 0 Å². The third-order valence-corrected chi connectivity index (χ3v) is 0. The molecular weight excluding hydrogens is 610 g/mol. The van der Waals surface area contributed by atoms with Crippen LogP contribution < -0.4 is 0 Å². The standard InChI is InChI=1S/2Ag.2Au/q4*+1. The van der Waals surface area contributed by atoms with Crippen LogP contribution in [0.3, 0.4) is 0 Å². The molecule has 0 heterocycles. The van der Waals surface area contributed by atoms with Gasteiger partial charge in [-0.05, 0) is 0 Å². The van der Waals surface area contributed by atoms with E-state index in [0.717, 1.165) is 0 Å². The topological polar surface area (TPSA) is 0 Å². The summed E-state index contributed by atoms with van der Waals surface area (Å²) in [6.45, 7) is 0. The average molecular weight is 610 g/mol. The van der Waals surface area contributed by atoms with Gasteiger partial charge in [-0.15, -0.1) is 0 Å². The Hall–Kier alpha value is 2.96. The molecule has 4 heteroatoms. The number of rotatable bonds is 0. The largest absolute Gasteiger partial charge is 1.00 e. The van der Waals surface area contributed by atoms with Crippen molar-refractivity contribution in [2.24, 2.45) is 0 Å². The Morgan fingerprint density at radius 3 is 0.500 bits per heavy atom. The van der Waals surface area contributed by atoms with E-state index in [0.29, 0.717) is 0 Å². The summed E-state index contributed by atoms with van der Waals surface area (Å²) >= 11 is 0. The molecule has 4 heavy (non-hydrogen) atoms. The Morgan fingerprint density at radius 2 is 0.500 bits per heavy atom. The van der Waals surface area contributed by atoms with Gasteiger partial charge < -0.3 is 0 Å². The summed E-state index contributed by atoms with van der Waals surface area (Å²) < 4.78 is 0. The molecule has 0 N–H and O–H groups in total. The van der Waals surface area contributed by atoms with Gasteiger partial charge in [0.1, 0.15) is 0 Å². The smallest absolute Gasteiger partial charge is 1.00 e. The average Bonchev–Trinajstić information content (AvgIpc) is 0. The molecule has 0 nitrogen and oxygen atoms in total. The van der Waals surface area contributed by atoms with Crippen molar-refractivity contribution >= 4 is 0 Å². The van der Waals surface area contributed by atoms with E-state index in [1.165, 1.54) is 0 Å². The molecule has 0 unspecified atom stereocenters. The van der Waals surface area contributed by atoms with Crippen LogP contribution in [-0.4, -0.2) is 0 Å². The predicted octanol–water partition coefficient (Wildman–Crippen LogP) is -0.0100. The summed E-state index contributed by atoms with van der Waals surface area (Å²) in [7, 11) is 0. The van der Waals surface area contributed by atoms with Crippen molar-refractivity contribution in [2.45, 2.75) is 0 Å². The van der Waals surface area contributed by atoms with Crippen LogP contribution >= 0.6 is 0 Å². The van der Waals surface area contributed by atoms with Crippen molar-refractivity contribution in [1.82, 2.24) is 0 Å². The molecular formula is Ag2Au2+4. The van der Waals surface area contributed by atoms with E-state index in [9.17, 15) is 0 Å². The monoisotopic (exact) mass is 608 g/mol. The maximum absolute atomic E-state index is 0. The quantitative estimate of drug-likeness (QED) is 0.340.